The minimum absolute atomic E-state index is 0.101. The largest absolute Gasteiger partial charge is 0.392 e. The molecule has 2 atom stereocenters. The number of carbonyl (C=O) groups excluding carboxylic acids is 1. The van der Waals surface area contributed by atoms with E-state index >= 15 is 0 Å². The lowest BCUT2D eigenvalue weighted by molar-refractivity contribution is -0.126. The Bertz CT molecular complexity index is 158. The van der Waals surface area contributed by atoms with Gasteiger partial charge >= 0.3 is 0 Å². The Hall–Kier alpha value is -0.410. The molecule has 0 aromatic rings. The van der Waals surface area contributed by atoms with E-state index in [1.165, 1.54) is 0 Å². The van der Waals surface area contributed by atoms with Gasteiger partial charge in [0.25, 0.3) is 0 Å². The number of hydrogen-bond acceptors (Lipinski definition) is 3. The molecule has 1 fully saturated rings. The number of rotatable bonds is 1. The van der Waals surface area contributed by atoms with Crippen LogP contribution in [0.3, 0.4) is 0 Å². The number of nitrogens with zero attached hydrogens (tertiary/aromatic N) is 1. The summed E-state index contributed by atoms with van der Waals surface area (Å²) in [7, 11) is 1.97. The van der Waals surface area contributed by atoms with Gasteiger partial charge < -0.3 is 10.0 Å². The molecule has 1 N–H and O–H groups in total. The van der Waals surface area contributed by atoms with E-state index in [2.05, 4.69) is 4.90 Å². The molecule has 1 aliphatic heterocycles. The van der Waals surface area contributed by atoms with E-state index in [4.69, 9.17) is 0 Å². The molecule has 3 nitrogen and oxygen atoms in total. The van der Waals surface area contributed by atoms with E-state index in [1.54, 1.807) is 6.92 Å². The number of ketones is 1. The van der Waals surface area contributed by atoms with Gasteiger partial charge in [0.1, 0.15) is 5.78 Å². The van der Waals surface area contributed by atoms with Gasteiger partial charge in [-0.1, -0.05) is 0 Å². The average molecular weight is 157 g/mol. The van der Waals surface area contributed by atoms with E-state index in [-0.39, 0.29) is 11.7 Å². The maximum Gasteiger partial charge on any atom is 0.136 e. The highest BCUT2D eigenvalue weighted by molar-refractivity contribution is 5.79. The quantitative estimate of drug-likeness (QED) is 0.577. The first-order chi connectivity index (χ1) is 5.11. The summed E-state index contributed by atoms with van der Waals surface area (Å²) in [6.07, 6.45) is 0.310. The molecule has 0 spiro atoms. The predicted octanol–water partition coefficient (Wildman–Crippen LogP) is -0.112. The Morgan fingerprint density at radius 2 is 2.27 bits per heavy atom. The minimum Gasteiger partial charge on any atom is -0.392 e. The van der Waals surface area contributed by atoms with Gasteiger partial charge in [0.2, 0.25) is 0 Å². The molecule has 11 heavy (non-hydrogen) atoms. The summed E-state index contributed by atoms with van der Waals surface area (Å²) >= 11 is 0. The Balaban J connectivity index is 2.54. The normalized spacial score (nSPS) is 33.7. The summed E-state index contributed by atoms with van der Waals surface area (Å²) in [4.78, 5) is 13.1. The second-order valence-electron chi connectivity index (χ2n) is 3.34. The maximum absolute atomic E-state index is 11.0. The number of Topliss-reactive ketones (excluding diaryl/α,β-unsaturated/α-hetero) is 1. The molecule has 0 amide bonds. The zero-order valence-electron chi connectivity index (χ0n) is 7.08. The van der Waals surface area contributed by atoms with Gasteiger partial charge in [0.15, 0.2) is 0 Å². The molecule has 0 unspecified atom stereocenters. The molecule has 0 saturated carbocycles. The highest BCUT2D eigenvalue weighted by Crippen LogP contribution is 2.16. The summed E-state index contributed by atoms with van der Waals surface area (Å²) in [6.45, 7) is 3.15. The standard InChI is InChI=1S/C8H15NO2/c1-6(10)7-5-9(2)4-3-8(7)11/h7-8,11H,3-5H2,1-2H3/t7-,8-/m0/s1. The Kier molecular flexibility index (Phi) is 2.62. The predicted molar refractivity (Wildman–Crippen MR) is 42.3 cm³/mol. The van der Waals surface area contributed by atoms with E-state index < -0.39 is 6.10 Å². The van der Waals surface area contributed by atoms with Crippen LogP contribution in [0.5, 0.6) is 0 Å². The van der Waals surface area contributed by atoms with Gasteiger partial charge in [-0.3, -0.25) is 4.79 Å². The molecule has 0 aliphatic carbocycles. The van der Waals surface area contributed by atoms with Crippen molar-refractivity contribution in [3.63, 3.8) is 0 Å². The van der Waals surface area contributed by atoms with Gasteiger partial charge in [-0.2, -0.15) is 0 Å². The number of hydrogen-bond donors (Lipinski definition) is 1. The summed E-state index contributed by atoms with van der Waals surface area (Å²) in [5, 5.41) is 9.41. The lowest BCUT2D eigenvalue weighted by Gasteiger charge is -2.32. The van der Waals surface area contributed by atoms with Crippen LogP contribution in [0.1, 0.15) is 13.3 Å². The van der Waals surface area contributed by atoms with Gasteiger partial charge in [-0.15, -0.1) is 0 Å². The zero-order valence-corrected chi connectivity index (χ0v) is 7.08. The molecule has 0 aromatic heterocycles. The number of piperidine rings is 1. The fourth-order valence-corrected chi connectivity index (χ4v) is 1.50. The van der Waals surface area contributed by atoms with E-state index in [0.717, 1.165) is 13.0 Å². The molecule has 1 rings (SSSR count). The van der Waals surface area contributed by atoms with Crippen molar-refractivity contribution in [1.29, 1.82) is 0 Å². The average Bonchev–Trinajstić information content (AvgIpc) is 1.94. The SMILES string of the molecule is CC(=O)[C@@H]1CN(C)CC[C@@H]1O. The third-order valence-electron chi connectivity index (χ3n) is 2.30. The summed E-state index contributed by atoms with van der Waals surface area (Å²) in [5.74, 6) is -0.0576. The summed E-state index contributed by atoms with van der Waals surface area (Å²) < 4.78 is 0. The van der Waals surface area contributed by atoms with Crippen LogP contribution in [0.4, 0.5) is 0 Å². The van der Waals surface area contributed by atoms with Crippen LogP contribution >= 0.6 is 0 Å². The maximum atomic E-state index is 11.0. The second-order valence-corrected chi connectivity index (χ2v) is 3.34. The van der Waals surface area contributed by atoms with Crippen LogP contribution < -0.4 is 0 Å². The van der Waals surface area contributed by atoms with Crippen LogP contribution in [-0.2, 0) is 4.79 Å². The van der Waals surface area contributed by atoms with Crippen LogP contribution in [0.25, 0.3) is 0 Å². The molecule has 1 saturated heterocycles. The highest BCUT2D eigenvalue weighted by Gasteiger charge is 2.28. The van der Waals surface area contributed by atoms with E-state index in [0.29, 0.717) is 6.54 Å². The lowest BCUT2D eigenvalue weighted by Crippen LogP contribution is -2.44. The Labute approximate surface area is 67.0 Å². The third-order valence-corrected chi connectivity index (χ3v) is 2.30. The van der Waals surface area contributed by atoms with Crippen molar-refractivity contribution in [3.8, 4) is 0 Å². The molecule has 0 bridgehead atoms. The van der Waals surface area contributed by atoms with Crippen molar-refractivity contribution in [2.45, 2.75) is 19.4 Å². The molecular formula is C8H15NO2. The van der Waals surface area contributed by atoms with Gasteiger partial charge in [-0.25, -0.2) is 0 Å². The van der Waals surface area contributed by atoms with Crippen molar-refractivity contribution >= 4 is 5.78 Å². The molecule has 64 valence electrons. The van der Waals surface area contributed by atoms with Crippen molar-refractivity contribution in [1.82, 2.24) is 4.90 Å². The van der Waals surface area contributed by atoms with Gasteiger partial charge in [0.05, 0.1) is 12.0 Å². The van der Waals surface area contributed by atoms with Crippen LogP contribution in [-0.4, -0.2) is 42.0 Å². The second kappa shape index (κ2) is 3.32. The smallest absolute Gasteiger partial charge is 0.136 e. The minimum atomic E-state index is -0.413. The summed E-state index contributed by atoms with van der Waals surface area (Å²) in [5.41, 5.74) is 0. The third kappa shape index (κ3) is 2.01. The van der Waals surface area contributed by atoms with Crippen LogP contribution in [0, 0.1) is 5.92 Å². The number of likely N-dealkylation sites (tertiary alicyclic amines) is 1. The fraction of sp³-hybridized carbons (Fsp3) is 0.875. The highest BCUT2D eigenvalue weighted by atomic mass is 16.3. The van der Waals surface area contributed by atoms with E-state index in [9.17, 15) is 9.90 Å². The van der Waals surface area contributed by atoms with Crippen molar-refractivity contribution < 1.29 is 9.90 Å². The van der Waals surface area contributed by atoms with Crippen LogP contribution in [0.15, 0.2) is 0 Å². The zero-order chi connectivity index (χ0) is 8.43. The first-order valence-corrected chi connectivity index (χ1v) is 3.98. The molecular weight excluding hydrogens is 142 g/mol. The lowest BCUT2D eigenvalue weighted by atomic mass is 9.92. The first kappa shape index (κ1) is 8.68. The fourth-order valence-electron chi connectivity index (χ4n) is 1.50. The van der Waals surface area contributed by atoms with Crippen molar-refractivity contribution in [2.75, 3.05) is 20.1 Å². The Morgan fingerprint density at radius 1 is 1.64 bits per heavy atom. The van der Waals surface area contributed by atoms with Crippen LogP contribution in [0.2, 0.25) is 0 Å². The van der Waals surface area contributed by atoms with Gasteiger partial charge in [-0.05, 0) is 20.4 Å². The van der Waals surface area contributed by atoms with Crippen molar-refractivity contribution in [3.05, 3.63) is 0 Å². The topological polar surface area (TPSA) is 40.5 Å². The molecule has 1 heterocycles. The summed E-state index contributed by atoms with van der Waals surface area (Å²) in [6, 6.07) is 0. The van der Waals surface area contributed by atoms with Crippen molar-refractivity contribution in [2.24, 2.45) is 5.92 Å². The number of aliphatic hydroxyl groups excluding tert-OH is 1. The molecule has 1 aliphatic rings. The Morgan fingerprint density at radius 3 is 2.73 bits per heavy atom. The number of aliphatic hydroxyl groups is 1. The molecule has 3 heteroatoms. The van der Waals surface area contributed by atoms with Gasteiger partial charge in [0, 0.05) is 13.1 Å². The monoisotopic (exact) mass is 157 g/mol. The molecule has 0 aromatic carbocycles. The number of carbonyl (C=O) groups is 1. The molecule has 0 radical (unpaired) electrons. The first-order valence-electron chi connectivity index (χ1n) is 3.98. The van der Waals surface area contributed by atoms with E-state index in [1.807, 2.05) is 7.05 Å².